The maximum atomic E-state index is 4.96. The molecule has 10 rings (SSSR count). The van der Waals surface area contributed by atoms with Gasteiger partial charge >= 0.3 is 27.3 Å². The number of hydrogen-bond donors (Lipinski definition) is 0. The minimum Gasteiger partial charge on any atom is -1.00 e. The van der Waals surface area contributed by atoms with E-state index in [0.717, 1.165) is 114 Å². The molecule has 0 aliphatic heterocycles. The molecule has 6 aromatic heterocycles. The standard InChI is InChI=1S/2C18H14N4.Cd.2ClH.H2O/c2*1-2-8-14-13(7-1)21-17-11-5-3-9-19-15(11)16-12(18(17)22-14)6-4-10-20-16;;;;/h2*3-6,9-10H,1-2,7-8H2;;2*1H;1H2/q;;+2;;;/p-2. The molecular formula is C36H30CdCl2N8O. The Morgan fingerprint density at radius 2 is 0.583 bits per heavy atom. The van der Waals surface area contributed by atoms with Crippen molar-refractivity contribution in [3.63, 3.8) is 0 Å². The van der Waals surface area contributed by atoms with Gasteiger partial charge in [0, 0.05) is 46.3 Å². The molecule has 0 fully saturated rings. The molecule has 9 nitrogen and oxygen atoms in total. The fourth-order valence-electron chi connectivity index (χ4n) is 6.87. The molecule has 0 radical (unpaired) electrons. The first-order valence-electron chi connectivity index (χ1n) is 15.5. The summed E-state index contributed by atoms with van der Waals surface area (Å²) in [5.74, 6) is 0. The molecule has 236 valence electrons. The molecule has 0 unspecified atom stereocenters. The number of benzene rings is 2. The molecule has 2 aliphatic carbocycles. The van der Waals surface area contributed by atoms with Crippen LogP contribution < -0.4 is 24.8 Å². The fourth-order valence-corrected chi connectivity index (χ4v) is 6.87. The third-order valence-electron chi connectivity index (χ3n) is 8.96. The van der Waals surface area contributed by atoms with Gasteiger partial charge in [-0.3, -0.25) is 19.9 Å². The Morgan fingerprint density at radius 3 is 0.812 bits per heavy atom. The predicted octanol–water partition coefficient (Wildman–Crippen LogP) is 0.391. The van der Waals surface area contributed by atoms with Crippen molar-refractivity contribution in [2.45, 2.75) is 51.4 Å². The summed E-state index contributed by atoms with van der Waals surface area (Å²) in [5.41, 5.74) is 12.1. The van der Waals surface area contributed by atoms with Gasteiger partial charge in [0.1, 0.15) is 0 Å². The molecule has 12 heteroatoms. The topological polar surface area (TPSA) is 135 Å². The van der Waals surface area contributed by atoms with Crippen molar-refractivity contribution in [1.29, 1.82) is 0 Å². The third-order valence-corrected chi connectivity index (χ3v) is 8.96. The average Bonchev–Trinajstić information content (AvgIpc) is 3.11. The molecule has 2 N–H and O–H groups in total. The Hall–Kier alpha value is -3.78. The van der Waals surface area contributed by atoms with Crippen molar-refractivity contribution in [2.24, 2.45) is 0 Å². The molecule has 0 saturated carbocycles. The number of aryl methyl sites for hydroxylation is 4. The van der Waals surface area contributed by atoms with Crippen LogP contribution in [0.2, 0.25) is 0 Å². The average molecular weight is 774 g/mol. The first-order chi connectivity index (χ1) is 21.8. The van der Waals surface area contributed by atoms with Gasteiger partial charge in [-0.05, 0) is 99.9 Å². The summed E-state index contributed by atoms with van der Waals surface area (Å²) in [6, 6.07) is 16.1. The molecule has 48 heavy (non-hydrogen) atoms. The van der Waals surface area contributed by atoms with Crippen molar-refractivity contribution < 1.29 is 57.6 Å². The summed E-state index contributed by atoms with van der Waals surface area (Å²) in [6.45, 7) is 0. The van der Waals surface area contributed by atoms with Crippen LogP contribution in [0.1, 0.15) is 48.5 Å². The number of hydrogen-bond acceptors (Lipinski definition) is 8. The van der Waals surface area contributed by atoms with Crippen LogP contribution in [0, 0.1) is 0 Å². The molecule has 0 amide bonds. The van der Waals surface area contributed by atoms with Crippen LogP contribution in [0.4, 0.5) is 0 Å². The summed E-state index contributed by atoms with van der Waals surface area (Å²) in [7, 11) is 0. The second kappa shape index (κ2) is 14.8. The molecule has 2 aliphatic rings. The molecule has 0 saturated heterocycles. The zero-order chi connectivity index (χ0) is 29.0. The van der Waals surface area contributed by atoms with Crippen LogP contribution in [-0.4, -0.2) is 45.3 Å². The van der Waals surface area contributed by atoms with E-state index in [1.807, 2.05) is 49.1 Å². The van der Waals surface area contributed by atoms with Crippen LogP contribution >= 0.6 is 0 Å². The van der Waals surface area contributed by atoms with E-state index in [0.29, 0.717) is 0 Å². The molecule has 2 aromatic carbocycles. The zero-order valence-corrected chi connectivity index (χ0v) is 31.7. The quantitative estimate of drug-likeness (QED) is 0.160. The van der Waals surface area contributed by atoms with Crippen LogP contribution in [0.15, 0.2) is 73.3 Å². The van der Waals surface area contributed by atoms with Gasteiger partial charge in [0.15, 0.2) is 0 Å². The summed E-state index contributed by atoms with van der Waals surface area (Å²) in [5, 5.41) is 4.18. The largest absolute Gasteiger partial charge is 2.00 e. The van der Waals surface area contributed by atoms with Gasteiger partial charge < -0.3 is 30.3 Å². The molecule has 0 atom stereocenters. The first kappa shape index (κ1) is 35.5. The monoisotopic (exact) mass is 774 g/mol. The van der Waals surface area contributed by atoms with Crippen molar-refractivity contribution >= 4 is 65.7 Å². The van der Waals surface area contributed by atoms with Gasteiger partial charge in [-0.1, -0.05) is 0 Å². The predicted molar refractivity (Wildman–Crippen MR) is 177 cm³/mol. The van der Waals surface area contributed by atoms with Gasteiger partial charge in [0.2, 0.25) is 0 Å². The van der Waals surface area contributed by atoms with Crippen molar-refractivity contribution in [1.82, 2.24) is 39.9 Å². The minimum absolute atomic E-state index is 0. The van der Waals surface area contributed by atoms with E-state index in [1.54, 1.807) is 0 Å². The smallest absolute Gasteiger partial charge is 1.00 e. The second-order valence-corrected chi connectivity index (χ2v) is 11.6. The van der Waals surface area contributed by atoms with Gasteiger partial charge in [0.25, 0.3) is 0 Å². The van der Waals surface area contributed by atoms with Gasteiger partial charge in [-0.15, -0.1) is 0 Å². The minimum atomic E-state index is 0. The first-order valence-corrected chi connectivity index (χ1v) is 15.5. The number of fused-ring (bicyclic) bond motifs is 14. The van der Waals surface area contributed by atoms with Crippen LogP contribution in [0.5, 0.6) is 0 Å². The van der Waals surface area contributed by atoms with E-state index in [1.165, 1.54) is 25.7 Å². The van der Waals surface area contributed by atoms with E-state index < -0.39 is 0 Å². The number of aromatic nitrogens is 8. The van der Waals surface area contributed by atoms with E-state index >= 15 is 0 Å². The Labute approximate surface area is 308 Å². The Morgan fingerprint density at radius 1 is 0.354 bits per heavy atom. The SMILES string of the molecule is O.[Cd+2].[Cl-].[Cl-].c1cnc2c(c1)c1nc3c(nc1c1cccnc12)CCCC3.c1cnc2c(c1)c1nc3c(nc1c1cccnc12)CCCC3. The van der Waals surface area contributed by atoms with Gasteiger partial charge in [-0.2, -0.15) is 0 Å². The number of nitrogens with zero attached hydrogens (tertiary/aromatic N) is 8. The maximum absolute atomic E-state index is 4.96. The Bertz CT molecular complexity index is 2110. The van der Waals surface area contributed by atoms with E-state index in [2.05, 4.69) is 44.2 Å². The molecular weight excluding hydrogens is 744 g/mol. The Balaban J connectivity index is 0.000000173. The number of rotatable bonds is 0. The number of pyridine rings is 4. The van der Waals surface area contributed by atoms with Crippen molar-refractivity contribution in [2.75, 3.05) is 0 Å². The third kappa shape index (κ3) is 5.91. The zero-order valence-electron chi connectivity index (χ0n) is 26.1. The normalized spacial score (nSPS) is 13.3. The van der Waals surface area contributed by atoms with Crippen LogP contribution in [0.25, 0.3) is 65.7 Å². The maximum Gasteiger partial charge on any atom is 2.00 e. The van der Waals surface area contributed by atoms with Gasteiger partial charge in [0.05, 0.1) is 66.9 Å². The van der Waals surface area contributed by atoms with Crippen LogP contribution in [0.3, 0.4) is 0 Å². The van der Waals surface area contributed by atoms with Crippen molar-refractivity contribution in [3.05, 3.63) is 96.1 Å². The van der Waals surface area contributed by atoms with Crippen LogP contribution in [-0.2, 0) is 53.0 Å². The Kier molecular flexibility index (Phi) is 10.9. The molecule has 8 aromatic rings. The summed E-state index contributed by atoms with van der Waals surface area (Å²) < 4.78 is 0. The fraction of sp³-hybridized carbons (Fsp3) is 0.222. The summed E-state index contributed by atoms with van der Waals surface area (Å²) in [6.07, 6.45) is 16.2. The molecule has 0 spiro atoms. The molecule has 0 bridgehead atoms. The number of halogens is 2. The molecule has 6 heterocycles. The summed E-state index contributed by atoms with van der Waals surface area (Å²) in [4.78, 5) is 38.0. The second-order valence-electron chi connectivity index (χ2n) is 11.6. The summed E-state index contributed by atoms with van der Waals surface area (Å²) >= 11 is 0. The van der Waals surface area contributed by atoms with E-state index in [4.69, 9.17) is 19.9 Å². The van der Waals surface area contributed by atoms with E-state index in [9.17, 15) is 0 Å². The van der Waals surface area contributed by atoms with Gasteiger partial charge in [-0.25, -0.2) is 19.9 Å². The van der Waals surface area contributed by atoms with Crippen molar-refractivity contribution in [3.8, 4) is 0 Å². The van der Waals surface area contributed by atoms with E-state index in [-0.39, 0.29) is 57.6 Å².